The number of hydrogen-bond donors (Lipinski definition) is 1. The van der Waals surface area contributed by atoms with Crippen LogP contribution in [-0.4, -0.2) is 33.0 Å². The van der Waals surface area contributed by atoms with Crippen LogP contribution in [0.5, 0.6) is 11.5 Å². The fourth-order valence-electron chi connectivity index (χ4n) is 3.01. The maximum absolute atomic E-state index is 12.3. The van der Waals surface area contributed by atoms with E-state index < -0.39 is 0 Å². The third-order valence-corrected chi connectivity index (χ3v) is 4.58. The number of nitrogens with one attached hydrogen (secondary N) is 1. The molecule has 0 aliphatic carbocycles. The summed E-state index contributed by atoms with van der Waals surface area (Å²) >= 11 is 0. The lowest BCUT2D eigenvalue weighted by atomic mass is 10.2. The lowest BCUT2D eigenvalue weighted by Crippen LogP contribution is -2.27. The zero-order valence-corrected chi connectivity index (χ0v) is 16.5. The summed E-state index contributed by atoms with van der Waals surface area (Å²) in [7, 11) is 1.59. The first kappa shape index (κ1) is 19.4. The minimum atomic E-state index is -0.150. The van der Waals surface area contributed by atoms with E-state index in [9.17, 15) is 4.79 Å². The maximum atomic E-state index is 12.3. The normalized spacial score (nSPS) is 10.7. The van der Waals surface area contributed by atoms with E-state index in [0.717, 1.165) is 22.2 Å². The van der Waals surface area contributed by atoms with Crippen molar-refractivity contribution in [3.05, 3.63) is 78.1 Å². The first-order chi connectivity index (χ1) is 14.7. The summed E-state index contributed by atoms with van der Waals surface area (Å²) < 4.78 is 12.9. The Morgan fingerprint density at radius 2 is 1.87 bits per heavy atom. The molecule has 0 saturated carbocycles. The molecule has 4 aromatic rings. The predicted octanol–water partition coefficient (Wildman–Crippen LogP) is 2.73. The van der Waals surface area contributed by atoms with Gasteiger partial charge in [-0.2, -0.15) is 0 Å². The Hall–Kier alpha value is -3.94. The van der Waals surface area contributed by atoms with Crippen LogP contribution in [0.25, 0.3) is 11.0 Å². The van der Waals surface area contributed by atoms with Gasteiger partial charge in [-0.3, -0.25) is 9.78 Å². The average molecular weight is 403 g/mol. The Morgan fingerprint density at radius 1 is 1.03 bits per heavy atom. The molecule has 0 bridgehead atoms. The summed E-state index contributed by atoms with van der Waals surface area (Å²) in [6.45, 7) is 0.887. The third kappa shape index (κ3) is 4.54. The van der Waals surface area contributed by atoms with Crippen molar-refractivity contribution in [3.63, 3.8) is 0 Å². The average Bonchev–Trinajstić information content (AvgIpc) is 3.20. The van der Waals surface area contributed by atoms with E-state index in [1.165, 1.54) is 0 Å². The lowest BCUT2D eigenvalue weighted by Gasteiger charge is -2.13. The molecule has 2 aromatic heterocycles. The van der Waals surface area contributed by atoms with Gasteiger partial charge in [0.15, 0.2) is 11.5 Å². The number of methoxy groups -OCH3 is 1. The summed E-state index contributed by atoms with van der Waals surface area (Å²) in [5, 5.41) is 11.0. The van der Waals surface area contributed by atoms with Gasteiger partial charge in [0.1, 0.15) is 18.7 Å². The minimum absolute atomic E-state index is 0.102. The molecule has 2 heterocycles. The van der Waals surface area contributed by atoms with Crippen LogP contribution >= 0.6 is 0 Å². The number of pyridine rings is 1. The van der Waals surface area contributed by atoms with Gasteiger partial charge in [0.25, 0.3) is 0 Å². The summed E-state index contributed by atoms with van der Waals surface area (Å²) in [5.74, 6) is 1.10. The van der Waals surface area contributed by atoms with Crippen molar-refractivity contribution >= 4 is 16.9 Å². The van der Waals surface area contributed by atoms with Gasteiger partial charge in [-0.05, 0) is 47.5 Å². The number of nitrogens with zero attached hydrogens (tertiary/aromatic N) is 4. The Labute approximate surface area is 173 Å². The van der Waals surface area contributed by atoms with Gasteiger partial charge >= 0.3 is 0 Å². The molecule has 0 aliphatic rings. The molecule has 4 rings (SSSR count). The molecule has 0 spiro atoms. The molecule has 8 heteroatoms. The number of fused-ring (bicyclic) bond motifs is 1. The molecule has 1 N–H and O–H groups in total. The smallest absolute Gasteiger partial charge is 0.242 e. The molecule has 0 unspecified atom stereocenters. The van der Waals surface area contributed by atoms with Crippen LogP contribution in [0.1, 0.15) is 11.1 Å². The quantitative estimate of drug-likeness (QED) is 0.486. The zero-order chi connectivity index (χ0) is 20.8. The number of rotatable bonds is 8. The minimum Gasteiger partial charge on any atom is -0.493 e. The Bertz CT molecular complexity index is 1140. The summed E-state index contributed by atoms with van der Waals surface area (Å²) in [5.41, 5.74) is 3.51. The van der Waals surface area contributed by atoms with Crippen molar-refractivity contribution in [2.75, 3.05) is 7.11 Å². The molecule has 0 radical (unpaired) electrons. The van der Waals surface area contributed by atoms with E-state index in [-0.39, 0.29) is 12.5 Å². The van der Waals surface area contributed by atoms with Gasteiger partial charge in [0, 0.05) is 18.9 Å². The van der Waals surface area contributed by atoms with Crippen molar-refractivity contribution in [1.82, 2.24) is 25.3 Å². The fourth-order valence-corrected chi connectivity index (χ4v) is 3.01. The molecule has 8 nitrogen and oxygen atoms in total. The second kappa shape index (κ2) is 9.04. The number of carbonyl (C=O) groups is 1. The van der Waals surface area contributed by atoms with Crippen LogP contribution < -0.4 is 14.8 Å². The van der Waals surface area contributed by atoms with E-state index in [1.807, 2.05) is 54.6 Å². The predicted molar refractivity (Wildman–Crippen MR) is 111 cm³/mol. The van der Waals surface area contributed by atoms with Gasteiger partial charge in [0.2, 0.25) is 5.91 Å². The van der Waals surface area contributed by atoms with Crippen molar-refractivity contribution in [1.29, 1.82) is 0 Å². The topological polar surface area (TPSA) is 91.2 Å². The largest absolute Gasteiger partial charge is 0.493 e. The highest BCUT2D eigenvalue weighted by Crippen LogP contribution is 2.28. The SMILES string of the molecule is COc1cc(CNC(=O)Cn2nnc3ccccc32)ccc1OCc1ccncc1. The van der Waals surface area contributed by atoms with Crippen LogP contribution in [0.3, 0.4) is 0 Å². The number of amides is 1. The first-order valence-corrected chi connectivity index (χ1v) is 9.46. The van der Waals surface area contributed by atoms with Crippen molar-refractivity contribution < 1.29 is 14.3 Å². The molecule has 0 saturated heterocycles. The number of ether oxygens (including phenoxy) is 2. The first-order valence-electron chi connectivity index (χ1n) is 9.46. The highest BCUT2D eigenvalue weighted by atomic mass is 16.5. The van der Waals surface area contributed by atoms with Crippen molar-refractivity contribution in [2.24, 2.45) is 0 Å². The molecule has 2 aromatic carbocycles. The van der Waals surface area contributed by atoms with Gasteiger partial charge < -0.3 is 14.8 Å². The molecular weight excluding hydrogens is 382 g/mol. The number of aromatic nitrogens is 4. The highest BCUT2D eigenvalue weighted by Gasteiger charge is 2.10. The summed E-state index contributed by atoms with van der Waals surface area (Å²) in [6, 6.07) is 16.9. The molecule has 1 amide bonds. The molecule has 152 valence electrons. The fraction of sp³-hybridized carbons (Fsp3) is 0.182. The number of benzene rings is 2. The molecule has 0 atom stereocenters. The Kier molecular flexibility index (Phi) is 5.84. The second-order valence-corrected chi connectivity index (χ2v) is 6.64. The van der Waals surface area contributed by atoms with Gasteiger partial charge in [-0.1, -0.05) is 23.4 Å². The van der Waals surface area contributed by atoms with Gasteiger partial charge in [0.05, 0.1) is 12.6 Å². The molecule has 0 fully saturated rings. The lowest BCUT2D eigenvalue weighted by molar-refractivity contribution is -0.121. The standard InChI is InChI=1S/C22H21N5O3/c1-29-21-12-17(6-7-20(21)30-15-16-8-10-23-11-9-16)13-24-22(28)14-27-19-5-3-2-4-18(19)25-26-27/h2-12H,13-15H2,1H3,(H,24,28). The number of para-hydroxylation sites is 1. The van der Waals surface area contributed by atoms with Crippen LogP contribution in [0.4, 0.5) is 0 Å². The van der Waals surface area contributed by atoms with E-state index in [1.54, 1.807) is 24.2 Å². The Morgan fingerprint density at radius 3 is 2.70 bits per heavy atom. The maximum Gasteiger partial charge on any atom is 0.242 e. The summed E-state index contributed by atoms with van der Waals surface area (Å²) in [6.07, 6.45) is 3.45. The monoisotopic (exact) mass is 403 g/mol. The molecule has 0 aliphatic heterocycles. The second-order valence-electron chi connectivity index (χ2n) is 6.64. The van der Waals surface area contributed by atoms with E-state index in [4.69, 9.17) is 9.47 Å². The van der Waals surface area contributed by atoms with Gasteiger partial charge in [-0.15, -0.1) is 5.10 Å². The molecular formula is C22H21N5O3. The van der Waals surface area contributed by atoms with Gasteiger partial charge in [-0.25, -0.2) is 4.68 Å². The van der Waals surface area contributed by atoms with E-state index in [0.29, 0.717) is 24.7 Å². The zero-order valence-electron chi connectivity index (χ0n) is 16.5. The number of hydrogen-bond acceptors (Lipinski definition) is 6. The third-order valence-electron chi connectivity index (χ3n) is 4.58. The van der Waals surface area contributed by atoms with Crippen LogP contribution in [-0.2, 0) is 24.5 Å². The van der Waals surface area contributed by atoms with Crippen molar-refractivity contribution in [2.45, 2.75) is 19.7 Å². The highest BCUT2D eigenvalue weighted by molar-refractivity contribution is 5.79. The summed E-state index contributed by atoms with van der Waals surface area (Å²) in [4.78, 5) is 16.3. The van der Waals surface area contributed by atoms with Crippen molar-refractivity contribution in [3.8, 4) is 11.5 Å². The Balaban J connectivity index is 1.35. The number of carbonyl (C=O) groups excluding carboxylic acids is 1. The molecule has 30 heavy (non-hydrogen) atoms. The van der Waals surface area contributed by atoms with Crippen LogP contribution in [0.15, 0.2) is 67.0 Å². The van der Waals surface area contributed by atoms with E-state index in [2.05, 4.69) is 20.6 Å². The van der Waals surface area contributed by atoms with E-state index >= 15 is 0 Å². The van der Waals surface area contributed by atoms with Crippen LogP contribution in [0, 0.1) is 0 Å². The van der Waals surface area contributed by atoms with Crippen LogP contribution in [0.2, 0.25) is 0 Å².